The maximum Gasteiger partial charge on any atom is 0.332 e. The van der Waals surface area contributed by atoms with E-state index >= 15 is 0 Å². The number of nitrogens with one attached hydrogen (secondary N) is 1. The Kier molecular flexibility index (Phi) is 6.21. The monoisotopic (exact) mass is 446 g/mol. The molecule has 2 aromatic carbocycles. The largest absolute Gasteiger partial charge is 0.497 e. The fourth-order valence-corrected chi connectivity index (χ4v) is 3.54. The van der Waals surface area contributed by atoms with Gasteiger partial charge in [-0.05, 0) is 29.8 Å². The first-order valence-electron chi connectivity index (χ1n) is 10.2. The van der Waals surface area contributed by atoms with Crippen molar-refractivity contribution in [2.24, 2.45) is 0 Å². The van der Waals surface area contributed by atoms with Crippen LogP contribution in [0.4, 0.5) is 5.69 Å². The molecule has 4 aromatic rings. The van der Waals surface area contributed by atoms with Gasteiger partial charge in [-0.1, -0.05) is 30.3 Å². The molecule has 0 aliphatic heterocycles. The zero-order valence-corrected chi connectivity index (χ0v) is 18.1. The van der Waals surface area contributed by atoms with Crippen LogP contribution in [-0.2, 0) is 17.9 Å². The van der Waals surface area contributed by atoms with E-state index in [1.807, 2.05) is 30.3 Å². The van der Waals surface area contributed by atoms with Crippen molar-refractivity contribution in [3.8, 4) is 11.5 Å². The van der Waals surface area contributed by atoms with Gasteiger partial charge in [-0.3, -0.25) is 18.7 Å². The summed E-state index contributed by atoms with van der Waals surface area (Å²) in [5.74, 6) is 0.525. The number of carbonyl (C=O) groups is 1. The Morgan fingerprint density at radius 2 is 1.76 bits per heavy atom. The lowest BCUT2D eigenvalue weighted by Crippen LogP contribution is -2.42. The molecule has 2 aromatic heterocycles. The number of ether oxygens (including phenoxy) is 2. The molecule has 1 N–H and O–H groups in total. The van der Waals surface area contributed by atoms with E-state index in [-0.39, 0.29) is 24.1 Å². The number of nitrogens with zero attached hydrogens (tertiary/aromatic N) is 3. The maximum absolute atomic E-state index is 13.3. The van der Waals surface area contributed by atoms with E-state index in [1.165, 1.54) is 25.0 Å². The molecular formula is C24H22N4O5. The van der Waals surface area contributed by atoms with Crippen molar-refractivity contribution in [2.45, 2.75) is 13.1 Å². The molecule has 0 aliphatic carbocycles. The van der Waals surface area contributed by atoms with Crippen LogP contribution < -0.4 is 26.0 Å². The highest BCUT2D eigenvalue weighted by Gasteiger charge is 2.17. The van der Waals surface area contributed by atoms with Crippen LogP contribution in [0, 0.1) is 0 Å². The molecule has 1 amide bonds. The number of pyridine rings is 1. The maximum atomic E-state index is 13.3. The average Bonchev–Trinajstić information content (AvgIpc) is 2.85. The smallest absolute Gasteiger partial charge is 0.332 e. The summed E-state index contributed by atoms with van der Waals surface area (Å²) < 4.78 is 12.8. The third-order valence-corrected chi connectivity index (χ3v) is 5.15. The zero-order valence-electron chi connectivity index (χ0n) is 18.1. The highest BCUT2D eigenvalue weighted by molar-refractivity contribution is 5.93. The lowest BCUT2D eigenvalue weighted by Gasteiger charge is -2.15. The average molecular weight is 446 g/mol. The molecule has 0 atom stereocenters. The van der Waals surface area contributed by atoms with Crippen molar-refractivity contribution in [1.82, 2.24) is 14.1 Å². The number of methoxy groups -OCH3 is 2. The number of amides is 1. The predicted molar refractivity (Wildman–Crippen MR) is 124 cm³/mol. The van der Waals surface area contributed by atoms with Crippen LogP contribution in [-0.4, -0.2) is 34.2 Å². The van der Waals surface area contributed by atoms with Crippen LogP contribution in [0.25, 0.3) is 11.0 Å². The first-order valence-corrected chi connectivity index (χ1v) is 10.2. The van der Waals surface area contributed by atoms with Crippen molar-refractivity contribution in [2.75, 3.05) is 19.5 Å². The summed E-state index contributed by atoms with van der Waals surface area (Å²) in [6.07, 6.45) is 1.48. The lowest BCUT2D eigenvalue weighted by molar-refractivity contribution is -0.116. The van der Waals surface area contributed by atoms with Crippen LogP contribution >= 0.6 is 0 Å². The molecule has 33 heavy (non-hydrogen) atoms. The van der Waals surface area contributed by atoms with Gasteiger partial charge in [0.05, 0.1) is 32.0 Å². The Morgan fingerprint density at radius 1 is 0.970 bits per heavy atom. The SMILES string of the molecule is COc1ccc(NC(=O)Cn2c(=O)n(Cc3ccccc3)c(=O)c3ncccc32)c(OC)c1. The molecule has 9 nitrogen and oxygen atoms in total. The Morgan fingerprint density at radius 3 is 2.48 bits per heavy atom. The van der Waals surface area contributed by atoms with Gasteiger partial charge in [0.15, 0.2) is 5.52 Å². The highest BCUT2D eigenvalue weighted by Crippen LogP contribution is 2.29. The summed E-state index contributed by atoms with van der Waals surface area (Å²) in [4.78, 5) is 43.3. The normalized spacial score (nSPS) is 10.7. The second-order valence-electron chi connectivity index (χ2n) is 7.23. The minimum Gasteiger partial charge on any atom is -0.497 e. The standard InChI is InChI=1S/C24H22N4O5/c1-32-17-10-11-18(20(13-17)33-2)26-21(29)15-27-19-9-6-12-25-22(19)23(30)28(24(27)31)14-16-7-4-3-5-8-16/h3-13H,14-15H2,1-2H3,(H,26,29). The van der Waals surface area contributed by atoms with Crippen LogP contribution in [0.15, 0.2) is 76.4 Å². The quantitative estimate of drug-likeness (QED) is 0.467. The van der Waals surface area contributed by atoms with Gasteiger partial charge < -0.3 is 14.8 Å². The van der Waals surface area contributed by atoms with Crippen molar-refractivity contribution in [1.29, 1.82) is 0 Å². The summed E-state index contributed by atoms with van der Waals surface area (Å²) in [6.45, 7) is -0.246. The van der Waals surface area contributed by atoms with Crippen molar-refractivity contribution in [3.05, 3.63) is 93.3 Å². The zero-order chi connectivity index (χ0) is 23.4. The van der Waals surface area contributed by atoms with Gasteiger partial charge in [-0.2, -0.15) is 0 Å². The van der Waals surface area contributed by atoms with Crippen LogP contribution in [0.2, 0.25) is 0 Å². The van der Waals surface area contributed by atoms with Gasteiger partial charge in [-0.25, -0.2) is 9.78 Å². The fraction of sp³-hybridized carbons (Fsp3) is 0.167. The number of benzene rings is 2. The third kappa shape index (κ3) is 4.47. The number of anilines is 1. The second-order valence-corrected chi connectivity index (χ2v) is 7.23. The van der Waals surface area contributed by atoms with Crippen LogP contribution in [0.1, 0.15) is 5.56 Å². The Hall–Kier alpha value is -4.40. The van der Waals surface area contributed by atoms with Crippen LogP contribution in [0.5, 0.6) is 11.5 Å². The summed E-state index contributed by atoms with van der Waals surface area (Å²) in [6, 6.07) is 17.3. The van der Waals surface area contributed by atoms with E-state index in [2.05, 4.69) is 10.3 Å². The number of hydrogen-bond acceptors (Lipinski definition) is 6. The first kappa shape index (κ1) is 21.8. The van der Waals surface area contributed by atoms with E-state index < -0.39 is 17.2 Å². The van der Waals surface area contributed by atoms with Crippen molar-refractivity contribution >= 4 is 22.6 Å². The molecule has 0 saturated carbocycles. The molecule has 4 rings (SSSR count). The predicted octanol–water partition coefficient (Wildman–Crippen LogP) is 2.26. The molecular weight excluding hydrogens is 424 g/mol. The molecule has 0 unspecified atom stereocenters. The van der Waals surface area contributed by atoms with E-state index in [0.717, 1.165) is 10.1 Å². The van der Waals surface area contributed by atoms with Gasteiger partial charge in [-0.15, -0.1) is 0 Å². The van der Waals surface area contributed by atoms with E-state index in [4.69, 9.17) is 9.47 Å². The first-order chi connectivity index (χ1) is 16.0. The van der Waals surface area contributed by atoms with Gasteiger partial charge >= 0.3 is 5.69 Å². The second kappa shape index (κ2) is 9.39. The lowest BCUT2D eigenvalue weighted by atomic mass is 10.2. The Bertz CT molecular complexity index is 1430. The van der Waals surface area contributed by atoms with E-state index in [1.54, 1.807) is 30.3 Å². The summed E-state index contributed by atoms with van der Waals surface area (Å²) in [5, 5.41) is 2.75. The molecule has 0 fully saturated rings. The number of fused-ring (bicyclic) bond motifs is 1. The molecule has 2 heterocycles. The van der Waals surface area contributed by atoms with Gasteiger partial charge in [0.1, 0.15) is 18.0 Å². The minimum atomic E-state index is -0.596. The molecule has 0 bridgehead atoms. The van der Waals surface area contributed by atoms with E-state index in [9.17, 15) is 14.4 Å². The molecule has 9 heteroatoms. The van der Waals surface area contributed by atoms with Crippen molar-refractivity contribution in [3.63, 3.8) is 0 Å². The van der Waals surface area contributed by atoms with Gasteiger partial charge in [0.25, 0.3) is 5.56 Å². The fourth-order valence-electron chi connectivity index (χ4n) is 3.54. The third-order valence-electron chi connectivity index (χ3n) is 5.15. The molecule has 0 aliphatic rings. The molecule has 0 saturated heterocycles. The summed E-state index contributed by atoms with van der Waals surface area (Å²) >= 11 is 0. The highest BCUT2D eigenvalue weighted by atomic mass is 16.5. The van der Waals surface area contributed by atoms with Gasteiger partial charge in [0, 0.05) is 12.3 Å². The molecule has 168 valence electrons. The Labute approximate surface area is 188 Å². The van der Waals surface area contributed by atoms with Gasteiger partial charge in [0.2, 0.25) is 5.91 Å². The van der Waals surface area contributed by atoms with Crippen LogP contribution in [0.3, 0.4) is 0 Å². The molecule has 0 radical (unpaired) electrons. The molecule has 0 spiro atoms. The minimum absolute atomic E-state index is 0.0684. The number of carbonyl (C=O) groups excluding carboxylic acids is 1. The summed E-state index contributed by atoms with van der Waals surface area (Å²) in [5.41, 5.74) is 0.507. The summed E-state index contributed by atoms with van der Waals surface area (Å²) in [7, 11) is 3.01. The van der Waals surface area contributed by atoms with E-state index in [0.29, 0.717) is 17.2 Å². The number of hydrogen-bond donors (Lipinski definition) is 1. The number of rotatable bonds is 7. The van der Waals surface area contributed by atoms with Crippen molar-refractivity contribution < 1.29 is 14.3 Å². The number of aromatic nitrogens is 3. The Balaban J connectivity index is 1.72. The topological polar surface area (TPSA) is 104 Å².